The van der Waals surface area contributed by atoms with E-state index in [4.69, 9.17) is 9.47 Å². The first-order valence-electron chi connectivity index (χ1n) is 10.1. The van der Waals surface area contributed by atoms with Gasteiger partial charge in [0.25, 0.3) is 0 Å². The summed E-state index contributed by atoms with van der Waals surface area (Å²) < 4.78 is 38.0. The van der Waals surface area contributed by atoms with Crippen LogP contribution in [0.2, 0.25) is 0 Å². The highest BCUT2D eigenvalue weighted by molar-refractivity contribution is 7.12. The van der Waals surface area contributed by atoms with E-state index in [9.17, 15) is 13.6 Å². The Morgan fingerprint density at radius 2 is 1.79 bits per heavy atom. The van der Waals surface area contributed by atoms with Gasteiger partial charge in [-0.1, -0.05) is 18.2 Å². The summed E-state index contributed by atoms with van der Waals surface area (Å²) >= 11 is 3.03. The van der Waals surface area contributed by atoms with Gasteiger partial charge in [0.05, 0.1) is 11.2 Å². The molecule has 2 aromatic heterocycles. The fourth-order valence-corrected chi connectivity index (χ4v) is 5.14. The lowest BCUT2D eigenvalue weighted by molar-refractivity contribution is 0.105. The molecule has 33 heavy (non-hydrogen) atoms. The molecule has 5 rings (SSSR count). The zero-order chi connectivity index (χ0) is 22.9. The summed E-state index contributed by atoms with van der Waals surface area (Å²) in [4.78, 5) is 19.9. The van der Waals surface area contributed by atoms with Crippen molar-refractivity contribution in [3.63, 3.8) is 0 Å². The number of ether oxygens (including phenoxy) is 2. The molecule has 0 fully saturated rings. The molecule has 0 saturated carbocycles. The fourth-order valence-electron chi connectivity index (χ4n) is 3.79. The predicted molar refractivity (Wildman–Crippen MR) is 125 cm³/mol. The minimum atomic E-state index is -0.970. The van der Waals surface area contributed by atoms with E-state index in [0.29, 0.717) is 22.4 Å². The van der Waals surface area contributed by atoms with Crippen LogP contribution in [0.25, 0.3) is 11.1 Å². The van der Waals surface area contributed by atoms with Gasteiger partial charge in [-0.2, -0.15) is 0 Å². The maximum absolute atomic E-state index is 13.4. The number of ketones is 1. The Morgan fingerprint density at radius 1 is 0.939 bits per heavy atom. The lowest BCUT2D eigenvalue weighted by Gasteiger charge is -2.14. The number of aromatic nitrogens is 1. The molecule has 0 bridgehead atoms. The van der Waals surface area contributed by atoms with Crippen LogP contribution in [0.1, 0.15) is 31.4 Å². The van der Waals surface area contributed by atoms with Crippen LogP contribution in [0.3, 0.4) is 0 Å². The number of benzene rings is 2. The Bertz CT molecular complexity index is 1380. The second-order valence-electron chi connectivity index (χ2n) is 7.27. The zero-order valence-electron chi connectivity index (χ0n) is 17.4. The highest BCUT2D eigenvalue weighted by Crippen LogP contribution is 2.47. The molecule has 4 aromatic rings. The van der Waals surface area contributed by atoms with Crippen molar-refractivity contribution < 1.29 is 23.0 Å². The van der Waals surface area contributed by atoms with Gasteiger partial charge in [0.2, 0.25) is 0 Å². The topological polar surface area (TPSA) is 48.4 Å². The molecule has 0 unspecified atom stereocenters. The SMILES string of the molecule is Cc1scnc1C1=C(c2cccs2)C(=O)c2cccc(OCCOc3ccc(F)c(F)c3)c21. The highest BCUT2D eigenvalue weighted by atomic mass is 32.1. The summed E-state index contributed by atoms with van der Waals surface area (Å²) in [5, 5.41) is 1.94. The molecule has 8 heteroatoms. The van der Waals surface area contributed by atoms with Crippen LogP contribution in [0.4, 0.5) is 8.78 Å². The molecule has 2 heterocycles. The second-order valence-corrected chi connectivity index (χ2v) is 9.27. The average molecular weight is 482 g/mol. The van der Waals surface area contributed by atoms with Crippen LogP contribution >= 0.6 is 22.7 Å². The van der Waals surface area contributed by atoms with Crippen molar-refractivity contribution >= 4 is 39.6 Å². The number of fused-ring (bicyclic) bond motifs is 1. The summed E-state index contributed by atoms with van der Waals surface area (Å²) in [5.74, 6) is -1.20. The Labute approximate surface area is 196 Å². The molecule has 0 aliphatic heterocycles. The van der Waals surface area contributed by atoms with Gasteiger partial charge in [-0.05, 0) is 36.6 Å². The molecule has 0 radical (unpaired) electrons. The molecule has 1 aliphatic carbocycles. The Balaban J connectivity index is 1.46. The van der Waals surface area contributed by atoms with Crippen LogP contribution in [0.15, 0.2) is 59.4 Å². The number of rotatable bonds is 7. The van der Waals surface area contributed by atoms with Gasteiger partial charge in [-0.25, -0.2) is 13.8 Å². The Kier molecular flexibility index (Phi) is 5.78. The van der Waals surface area contributed by atoms with Crippen molar-refractivity contribution in [2.24, 2.45) is 0 Å². The molecule has 4 nitrogen and oxygen atoms in total. The zero-order valence-corrected chi connectivity index (χ0v) is 19.1. The van der Waals surface area contributed by atoms with E-state index in [0.717, 1.165) is 33.2 Å². The summed E-state index contributed by atoms with van der Waals surface area (Å²) in [6.07, 6.45) is 0. The number of halogens is 2. The van der Waals surface area contributed by atoms with Crippen molar-refractivity contribution in [1.29, 1.82) is 0 Å². The molecule has 1 aliphatic rings. The average Bonchev–Trinajstić information content (AvgIpc) is 3.54. The summed E-state index contributed by atoms with van der Waals surface area (Å²) in [6, 6.07) is 12.6. The third-order valence-electron chi connectivity index (χ3n) is 5.25. The molecule has 166 valence electrons. The number of thiazole rings is 1. The summed E-state index contributed by atoms with van der Waals surface area (Å²) in [5.41, 5.74) is 5.22. The van der Waals surface area contributed by atoms with E-state index in [2.05, 4.69) is 4.98 Å². The highest BCUT2D eigenvalue weighted by Gasteiger charge is 2.35. The Morgan fingerprint density at radius 3 is 2.52 bits per heavy atom. The molecule has 0 N–H and O–H groups in total. The normalized spacial score (nSPS) is 12.9. The largest absolute Gasteiger partial charge is 0.490 e. The number of allylic oxidation sites excluding steroid dienone is 1. The van der Waals surface area contributed by atoms with Crippen LogP contribution in [0.5, 0.6) is 11.5 Å². The molecule has 0 amide bonds. The van der Waals surface area contributed by atoms with Gasteiger partial charge in [0.1, 0.15) is 24.7 Å². The van der Waals surface area contributed by atoms with E-state index >= 15 is 0 Å². The molecule has 0 spiro atoms. The van der Waals surface area contributed by atoms with Gasteiger partial charge in [0, 0.05) is 38.1 Å². The minimum absolute atomic E-state index is 0.0571. The fraction of sp³-hybridized carbons (Fsp3) is 0.120. The van der Waals surface area contributed by atoms with E-state index in [1.807, 2.05) is 30.5 Å². The third kappa shape index (κ3) is 3.96. The van der Waals surface area contributed by atoms with Crippen molar-refractivity contribution in [2.45, 2.75) is 6.92 Å². The third-order valence-corrected chi connectivity index (χ3v) is 6.89. The molecule has 0 saturated heterocycles. The van der Waals surface area contributed by atoms with Crippen molar-refractivity contribution in [3.8, 4) is 11.5 Å². The van der Waals surface area contributed by atoms with Crippen molar-refractivity contribution in [2.75, 3.05) is 13.2 Å². The number of aryl methyl sites for hydroxylation is 1. The summed E-state index contributed by atoms with van der Waals surface area (Å²) in [6.45, 7) is 2.25. The number of Topliss-reactive ketones (excluding diaryl/α,β-unsaturated/α-hetero) is 1. The number of hydrogen-bond donors (Lipinski definition) is 0. The number of thiophene rings is 1. The monoisotopic (exact) mass is 481 g/mol. The van der Waals surface area contributed by atoms with E-state index < -0.39 is 11.6 Å². The van der Waals surface area contributed by atoms with E-state index in [1.54, 1.807) is 17.6 Å². The van der Waals surface area contributed by atoms with Crippen molar-refractivity contribution in [1.82, 2.24) is 4.98 Å². The standard InChI is InChI=1S/C25H17F2NO3S2/c1-14-24(28-13-33-14)23-21-16(25(29)22(23)20-6-3-11-32-20)4-2-5-19(21)31-10-9-30-15-7-8-17(26)18(27)12-15/h2-8,11-13H,9-10H2,1H3. The van der Waals surface area contributed by atoms with Crippen molar-refractivity contribution in [3.05, 3.63) is 97.6 Å². The predicted octanol–water partition coefficient (Wildman–Crippen LogP) is 6.40. The maximum atomic E-state index is 13.4. The maximum Gasteiger partial charge on any atom is 0.195 e. The number of hydrogen-bond acceptors (Lipinski definition) is 6. The first kappa shape index (κ1) is 21.5. The van der Waals surface area contributed by atoms with Gasteiger partial charge >= 0.3 is 0 Å². The number of nitrogens with zero attached hydrogens (tertiary/aromatic N) is 1. The van der Waals surface area contributed by atoms with E-state index in [-0.39, 0.29) is 24.7 Å². The smallest absolute Gasteiger partial charge is 0.195 e. The van der Waals surface area contributed by atoms with Crippen LogP contribution in [0, 0.1) is 18.6 Å². The lowest BCUT2D eigenvalue weighted by atomic mass is 10.00. The van der Waals surface area contributed by atoms with Gasteiger partial charge in [0.15, 0.2) is 17.4 Å². The van der Waals surface area contributed by atoms with Gasteiger partial charge in [-0.3, -0.25) is 4.79 Å². The lowest BCUT2D eigenvalue weighted by Crippen LogP contribution is -2.10. The minimum Gasteiger partial charge on any atom is -0.490 e. The molecule has 0 atom stereocenters. The van der Waals surface area contributed by atoms with Crippen LogP contribution < -0.4 is 9.47 Å². The quantitative estimate of drug-likeness (QED) is 0.287. The summed E-state index contributed by atoms with van der Waals surface area (Å²) in [7, 11) is 0. The van der Waals surface area contributed by atoms with Crippen LogP contribution in [-0.2, 0) is 0 Å². The molecular weight excluding hydrogens is 464 g/mol. The van der Waals surface area contributed by atoms with Gasteiger partial charge in [-0.15, -0.1) is 22.7 Å². The van der Waals surface area contributed by atoms with Gasteiger partial charge < -0.3 is 9.47 Å². The molecule has 2 aromatic carbocycles. The first-order valence-corrected chi connectivity index (χ1v) is 11.9. The number of carbonyl (C=O) groups is 1. The second kappa shape index (κ2) is 8.88. The van der Waals surface area contributed by atoms with E-state index in [1.165, 1.54) is 28.7 Å². The van der Waals surface area contributed by atoms with Crippen LogP contribution in [-0.4, -0.2) is 24.0 Å². The first-order chi connectivity index (χ1) is 16.0. The Hall–Kier alpha value is -3.36. The molecular formula is C25H17F2NO3S2. The number of carbonyl (C=O) groups excluding carboxylic acids is 1.